The number of nitrogens with two attached hydrogens (primary N) is 1. The summed E-state index contributed by atoms with van der Waals surface area (Å²) < 4.78 is 0. The number of H-pyrrole nitrogens is 1. The predicted molar refractivity (Wildman–Crippen MR) is 87.2 cm³/mol. The molecule has 0 saturated carbocycles. The van der Waals surface area contributed by atoms with Crippen LogP contribution in [0.2, 0.25) is 0 Å². The number of hydrogen-bond donors (Lipinski definition) is 3. The molecule has 1 aromatic carbocycles. The molecular weight excluding hydrogens is 278 g/mol. The van der Waals surface area contributed by atoms with Crippen molar-refractivity contribution in [3.63, 3.8) is 0 Å². The van der Waals surface area contributed by atoms with Gasteiger partial charge in [0.15, 0.2) is 0 Å². The van der Waals surface area contributed by atoms with E-state index in [1.165, 1.54) is 0 Å². The van der Waals surface area contributed by atoms with Crippen molar-refractivity contribution in [2.24, 2.45) is 11.7 Å². The maximum absolute atomic E-state index is 12.0. The number of aromatic nitrogens is 1. The molecule has 1 atom stereocenters. The van der Waals surface area contributed by atoms with Gasteiger partial charge in [0.1, 0.15) is 6.04 Å². The van der Waals surface area contributed by atoms with Gasteiger partial charge in [0.2, 0.25) is 11.8 Å². The van der Waals surface area contributed by atoms with Gasteiger partial charge in [-0.2, -0.15) is 0 Å². The molecular formula is C17H23N3O2. The van der Waals surface area contributed by atoms with Gasteiger partial charge in [-0.3, -0.25) is 9.59 Å². The summed E-state index contributed by atoms with van der Waals surface area (Å²) in [6.07, 6.45) is 3.46. The van der Waals surface area contributed by atoms with Crippen molar-refractivity contribution in [1.29, 1.82) is 0 Å². The summed E-state index contributed by atoms with van der Waals surface area (Å²) in [5, 5.41) is 3.86. The third-order valence-corrected chi connectivity index (χ3v) is 3.68. The number of para-hydroxylation sites is 1. The molecule has 0 saturated heterocycles. The number of nitrogens with one attached hydrogen (secondary N) is 2. The fourth-order valence-electron chi connectivity index (χ4n) is 2.57. The number of fused-ring (bicyclic) bond motifs is 1. The van der Waals surface area contributed by atoms with Crippen LogP contribution in [-0.2, 0) is 16.0 Å². The zero-order valence-corrected chi connectivity index (χ0v) is 13.1. The normalized spacial score (nSPS) is 12.5. The number of aryl methyl sites for hydroxylation is 1. The van der Waals surface area contributed by atoms with E-state index >= 15 is 0 Å². The lowest BCUT2D eigenvalue weighted by Crippen LogP contribution is -2.45. The molecule has 5 nitrogen and oxygen atoms in total. The lowest BCUT2D eigenvalue weighted by atomic mass is 10.0. The van der Waals surface area contributed by atoms with Crippen LogP contribution in [0.4, 0.5) is 0 Å². The number of carbonyl (C=O) groups is 2. The van der Waals surface area contributed by atoms with Crippen molar-refractivity contribution >= 4 is 22.7 Å². The lowest BCUT2D eigenvalue weighted by molar-refractivity contribution is -0.127. The Morgan fingerprint density at radius 3 is 2.68 bits per heavy atom. The summed E-state index contributed by atoms with van der Waals surface area (Å²) in [6, 6.07) is 7.40. The standard InChI is InChI=1S/C17H23N3O2/c1-11(2)9-15(17(18)22)20-16(21)8-7-12-10-19-14-6-4-3-5-13(12)14/h3-6,10-11,15,19H,7-9H2,1-2H3,(H2,18,22)(H,20,21). The molecule has 0 aliphatic rings. The van der Waals surface area contributed by atoms with Gasteiger partial charge < -0.3 is 16.0 Å². The molecule has 2 rings (SSSR count). The molecule has 118 valence electrons. The Bertz CT molecular complexity index is 661. The van der Waals surface area contributed by atoms with E-state index in [4.69, 9.17) is 5.73 Å². The highest BCUT2D eigenvalue weighted by molar-refractivity contribution is 5.87. The number of benzene rings is 1. The summed E-state index contributed by atoms with van der Waals surface area (Å²) in [4.78, 5) is 26.6. The second kappa shape index (κ2) is 7.11. The van der Waals surface area contributed by atoms with Gasteiger partial charge in [-0.15, -0.1) is 0 Å². The minimum atomic E-state index is -0.588. The summed E-state index contributed by atoms with van der Waals surface area (Å²) >= 11 is 0. The van der Waals surface area contributed by atoms with E-state index in [9.17, 15) is 9.59 Å². The van der Waals surface area contributed by atoms with Gasteiger partial charge in [0.25, 0.3) is 0 Å². The fraction of sp³-hybridized carbons (Fsp3) is 0.412. The molecule has 22 heavy (non-hydrogen) atoms. The Morgan fingerprint density at radius 1 is 1.27 bits per heavy atom. The number of aromatic amines is 1. The van der Waals surface area contributed by atoms with Crippen molar-refractivity contribution in [1.82, 2.24) is 10.3 Å². The number of hydrogen-bond acceptors (Lipinski definition) is 2. The lowest BCUT2D eigenvalue weighted by Gasteiger charge is -2.17. The van der Waals surface area contributed by atoms with Crippen LogP contribution in [0.5, 0.6) is 0 Å². The monoisotopic (exact) mass is 301 g/mol. The maximum Gasteiger partial charge on any atom is 0.240 e. The van der Waals surface area contributed by atoms with E-state index in [0.29, 0.717) is 25.2 Å². The highest BCUT2D eigenvalue weighted by atomic mass is 16.2. The first-order chi connectivity index (χ1) is 10.5. The smallest absolute Gasteiger partial charge is 0.240 e. The van der Waals surface area contributed by atoms with Gasteiger partial charge >= 0.3 is 0 Å². The third kappa shape index (κ3) is 4.10. The molecule has 0 fully saturated rings. The van der Waals surface area contributed by atoms with E-state index in [2.05, 4.69) is 10.3 Å². The van der Waals surface area contributed by atoms with Crippen molar-refractivity contribution < 1.29 is 9.59 Å². The van der Waals surface area contributed by atoms with Gasteiger partial charge in [-0.25, -0.2) is 0 Å². The third-order valence-electron chi connectivity index (χ3n) is 3.68. The SMILES string of the molecule is CC(C)CC(NC(=O)CCc1c[nH]c2ccccc12)C(N)=O. The molecule has 0 radical (unpaired) electrons. The van der Waals surface area contributed by atoms with Crippen LogP contribution < -0.4 is 11.1 Å². The second-order valence-electron chi connectivity index (χ2n) is 6.01. The fourth-order valence-corrected chi connectivity index (χ4v) is 2.57. The van der Waals surface area contributed by atoms with Crippen molar-refractivity contribution in [3.05, 3.63) is 36.0 Å². The first-order valence-corrected chi connectivity index (χ1v) is 7.61. The number of primary amides is 1. The molecule has 0 aliphatic carbocycles. The van der Waals surface area contributed by atoms with Gasteiger partial charge in [0, 0.05) is 23.5 Å². The highest BCUT2D eigenvalue weighted by Crippen LogP contribution is 2.19. The maximum atomic E-state index is 12.0. The molecule has 1 unspecified atom stereocenters. The highest BCUT2D eigenvalue weighted by Gasteiger charge is 2.19. The first kappa shape index (κ1) is 16.1. The number of amides is 2. The molecule has 2 aromatic rings. The molecule has 1 aromatic heterocycles. The van der Waals surface area contributed by atoms with E-state index in [-0.39, 0.29) is 5.91 Å². The molecule has 4 N–H and O–H groups in total. The van der Waals surface area contributed by atoms with Crippen LogP contribution in [0, 0.1) is 5.92 Å². The summed E-state index contributed by atoms with van der Waals surface area (Å²) in [6.45, 7) is 3.99. The van der Waals surface area contributed by atoms with Crippen LogP contribution in [-0.4, -0.2) is 22.8 Å². The molecule has 0 bridgehead atoms. The van der Waals surface area contributed by atoms with Crippen molar-refractivity contribution in [3.8, 4) is 0 Å². The van der Waals surface area contributed by atoms with E-state index in [1.807, 2.05) is 44.3 Å². The first-order valence-electron chi connectivity index (χ1n) is 7.61. The van der Waals surface area contributed by atoms with E-state index in [1.54, 1.807) is 0 Å². The van der Waals surface area contributed by atoms with Crippen LogP contribution in [0.25, 0.3) is 10.9 Å². The molecule has 0 spiro atoms. The van der Waals surface area contributed by atoms with Crippen LogP contribution in [0.15, 0.2) is 30.5 Å². The Hall–Kier alpha value is -2.30. The largest absolute Gasteiger partial charge is 0.368 e. The summed E-state index contributed by atoms with van der Waals surface area (Å²) in [5.41, 5.74) is 7.50. The second-order valence-corrected chi connectivity index (χ2v) is 6.01. The average molecular weight is 301 g/mol. The number of carbonyl (C=O) groups excluding carboxylic acids is 2. The molecule has 0 aliphatic heterocycles. The Kier molecular flexibility index (Phi) is 5.20. The molecule has 2 amide bonds. The van der Waals surface area contributed by atoms with Gasteiger partial charge in [-0.05, 0) is 30.4 Å². The zero-order chi connectivity index (χ0) is 16.1. The Labute approximate surface area is 130 Å². The number of rotatable bonds is 7. The Morgan fingerprint density at radius 2 is 2.00 bits per heavy atom. The van der Waals surface area contributed by atoms with E-state index in [0.717, 1.165) is 16.5 Å². The minimum absolute atomic E-state index is 0.144. The van der Waals surface area contributed by atoms with Crippen LogP contribution >= 0.6 is 0 Å². The Balaban J connectivity index is 1.93. The zero-order valence-electron chi connectivity index (χ0n) is 13.1. The molecule has 5 heteroatoms. The average Bonchev–Trinajstić information content (AvgIpc) is 2.87. The van der Waals surface area contributed by atoms with Crippen molar-refractivity contribution in [2.45, 2.75) is 39.2 Å². The summed E-state index contributed by atoms with van der Waals surface area (Å²) in [5.74, 6) is -0.324. The molecule has 1 heterocycles. The topological polar surface area (TPSA) is 88.0 Å². The minimum Gasteiger partial charge on any atom is -0.368 e. The van der Waals surface area contributed by atoms with Crippen LogP contribution in [0.1, 0.15) is 32.3 Å². The van der Waals surface area contributed by atoms with Crippen LogP contribution in [0.3, 0.4) is 0 Å². The van der Waals surface area contributed by atoms with Gasteiger partial charge in [0.05, 0.1) is 0 Å². The quantitative estimate of drug-likeness (QED) is 0.731. The van der Waals surface area contributed by atoms with E-state index < -0.39 is 11.9 Å². The summed E-state index contributed by atoms with van der Waals surface area (Å²) in [7, 11) is 0. The predicted octanol–water partition coefficient (Wildman–Crippen LogP) is 2.12. The van der Waals surface area contributed by atoms with Gasteiger partial charge in [-0.1, -0.05) is 32.0 Å². The van der Waals surface area contributed by atoms with Crippen molar-refractivity contribution in [2.75, 3.05) is 0 Å².